The average molecular weight is 332 g/mol. The van der Waals surface area contributed by atoms with E-state index in [0.29, 0.717) is 25.1 Å². The first-order valence-electron chi connectivity index (χ1n) is 8.25. The van der Waals surface area contributed by atoms with Crippen LogP contribution in [-0.4, -0.2) is 34.6 Å². The first-order valence-corrected chi connectivity index (χ1v) is 8.25. The molecule has 2 heterocycles. The van der Waals surface area contributed by atoms with Crippen molar-refractivity contribution in [3.05, 3.63) is 47.2 Å². The predicted octanol–water partition coefficient (Wildman–Crippen LogP) is 4.08. The monoisotopic (exact) mass is 332 g/mol. The molecule has 1 unspecified atom stereocenters. The number of allylic oxidation sites excluding steroid dienone is 3. The molecular formula is C19H25FN2O2. The molecule has 2 rings (SSSR count). The Hall–Kier alpha value is -2.17. The van der Waals surface area contributed by atoms with Crippen LogP contribution in [0.5, 0.6) is 5.88 Å². The molecule has 1 aromatic heterocycles. The maximum atomic E-state index is 14.1. The number of nitrogens with zero attached hydrogens (tertiary/aromatic N) is 2. The largest absolute Gasteiger partial charge is 0.474 e. The van der Waals surface area contributed by atoms with Crippen molar-refractivity contribution in [1.29, 1.82) is 0 Å². The molecule has 0 bridgehead atoms. The molecule has 0 spiro atoms. The molecule has 1 atom stereocenters. The van der Waals surface area contributed by atoms with Gasteiger partial charge in [-0.1, -0.05) is 30.7 Å². The SMILES string of the molecule is C/C=C\C=C(/C)CN1Cc2ccnc(OCC(C)(F)CC)c2C1=O. The molecule has 24 heavy (non-hydrogen) atoms. The molecule has 0 saturated heterocycles. The Kier molecular flexibility index (Phi) is 5.75. The number of hydrogen-bond donors (Lipinski definition) is 0. The Morgan fingerprint density at radius 2 is 2.29 bits per heavy atom. The van der Waals surface area contributed by atoms with Gasteiger partial charge in [0.1, 0.15) is 17.8 Å². The summed E-state index contributed by atoms with van der Waals surface area (Å²) < 4.78 is 19.6. The van der Waals surface area contributed by atoms with Gasteiger partial charge in [0.05, 0.1) is 0 Å². The maximum Gasteiger partial charge on any atom is 0.260 e. The Balaban J connectivity index is 2.15. The van der Waals surface area contributed by atoms with E-state index >= 15 is 0 Å². The fraction of sp³-hybridized carbons (Fsp3) is 0.474. The fourth-order valence-corrected chi connectivity index (χ4v) is 2.45. The number of hydrogen-bond acceptors (Lipinski definition) is 3. The van der Waals surface area contributed by atoms with Crippen molar-refractivity contribution in [3.8, 4) is 5.88 Å². The number of carbonyl (C=O) groups excluding carboxylic acids is 1. The summed E-state index contributed by atoms with van der Waals surface area (Å²) in [6, 6.07) is 1.82. The molecule has 0 aliphatic carbocycles. The Labute approximate surface area is 143 Å². The maximum absolute atomic E-state index is 14.1. The number of halogens is 1. The standard InChI is InChI=1S/C19H25FN2O2/c1-5-7-8-14(3)11-22-12-15-9-10-21-17(16(15)18(22)23)24-13-19(4,20)6-2/h5,7-10H,6,11-13H2,1-4H3/b7-5-,14-8+. The van der Waals surface area contributed by atoms with E-state index in [4.69, 9.17) is 4.74 Å². The lowest BCUT2D eigenvalue weighted by atomic mass is 10.1. The van der Waals surface area contributed by atoms with E-state index < -0.39 is 5.67 Å². The number of fused-ring (bicyclic) bond motifs is 1. The van der Waals surface area contributed by atoms with Crippen molar-refractivity contribution in [2.45, 2.75) is 46.3 Å². The lowest BCUT2D eigenvalue weighted by Gasteiger charge is -2.19. The summed E-state index contributed by atoms with van der Waals surface area (Å²) in [4.78, 5) is 18.6. The zero-order valence-corrected chi connectivity index (χ0v) is 14.8. The van der Waals surface area contributed by atoms with Crippen molar-refractivity contribution >= 4 is 5.91 Å². The number of amides is 1. The van der Waals surface area contributed by atoms with E-state index in [1.807, 2.05) is 38.1 Å². The fourth-order valence-electron chi connectivity index (χ4n) is 2.45. The number of pyridine rings is 1. The Morgan fingerprint density at radius 1 is 1.54 bits per heavy atom. The van der Waals surface area contributed by atoms with E-state index in [1.54, 1.807) is 18.0 Å². The Bertz CT molecular complexity index is 665. The van der Waals surface area contributed by atoms with Gasteiger partial charge in [0, 0.05) is 19.3 Å². The molecule has 1 aliphatic heterocycles. The summed E-state index contributed by atoms with van der Waals surface area (Å²) in [6.45, 7) is 8.15. The molecule has 5 heteroatoms. The third kappa shape index (κ3) is 4.22. The molecule has 0 fully saturated rings. The minimum absolute atomic E-state index is 0.111. The molecule has 0 aromatic carbocycles. The van der Waals surface area contributed by atoms with Crippen molar-refractivity contribution in [3.63, 3.8) is 0 Å². The first kappa shape index (κ1) is 18.2. The lowest BCUT2D eigenvalue weighted by Crippen LogP contribution is -2.28. The van der Waals surface area contributed by atoms with Gasteiger partial charge in [-0.15, -0.1) is 0 Å². The highest BCUT2D eigenvalue weighted by atomic mass is 19.1. The molecule has 1 aliphatic rings. The normalized spacial score (nSPS) is 17.3. The van der Waals surface area contributed by atoms with Crippen LogP contribution >= 0.6 is 0 Å². The van der Waals surface area contributed by atoms with Gasteiger partial charge in [-0.25, -0.2) is 9.37 Å². The van der Waals surface area contributed by atoms with Crippen molar-refractivity contribution in [2.75, 3.05) is 13.2 Å². The van der Waals surface area contributed by atoms with E-state index in [0.717, 1.165) is 11.1 Å². The number of rotatable bonds is 7. The number of alkyl halides is 1. The number of ether oxygens (including phenoxy) is 1. The molecule has 130 valence electrons. The topological polar surface area (TPSA) is 42.4 Å². The second-order valence-corrected chi connectivity index (χ2v) is 6.41. The van der Waals surface area contributed by atoms with Crippen LogP contribution in [-0.2, 0) is 6.54 Å². The van der Waals surface area contributed by atoms with Crippen LogP contribution in [0.3, 0.4) is 0 Å². The van der Waals surface area contributed by atoms with Crippen LogP contribution in [0.15, 0.2) is 36.1 Å². The lowest BCUT2D eigenvalue weighted by molar-refractivity contribution is 0.0769. The summed E-state index contributed by atoms with van der Waals surface area (Å²) >= 11 is 0. The number of aromatic nitrogens is 1. The van der Waals surface area contributed by atoms with Gasteiger partial charge in [-0.2, -0.15) is 0 Å². The van der Waals surface area contributed by atoms with E-state index in [2.05, 4.69) is 4.98 Å². The Morgan fingerprint density at radius 3 is 2.96 bits per heavy atom. The van der Waals surface area contributed by atoms with Crippen LogP contribution < -0.4 is 4.74 Å². The quantitative estimate of drug-likeness (QED) is 0.707. The van der Waals surface area contributed by atoms with Crippen LogP contribution in [0.1, 0.15) is 50.0 Å². The third-order valence-corrected chi connectivity index (χ3v) is 4.13. The zero-order valence-electron chi connectivity index (χ0n) is 14.8. The van der Waals surface area contributed by atoms with Crippen LogP contribution in [0, 0.1) is 0 Å². The molecule has 4 nitrogen and oxygen atoms in total. The minimum Gasteiger partial charge on any atom is -0.474 e. The molecular weight excluding hydrogens is 307 g/mol. The third-order valence-electron chi connectivity index (χ3n) is 4.13. The van der Waals surface area contributed by atoms with Gasteiger partial charge >= 0.3 is 0 Å². The highest BCUT2D eigenvalue weighted by Gasteiger charge is 2.32. The van der Waals surface area contributed by atoms with Gasteiger partial charge in [0.2, 0.25) is 5.88 Å². The second-order valence-electron chi connectivity index (χ2n) is 6.41. The molecule has 0 N–H and O–H groups in total. The highest BCUT2D eigenvalue weighted by Crippen LogP contribution is 2.30. The summed E-state index contributed by atoms with van der Waals surface area (Å²) in [5.74, 6) is 0.116. The molecule has 0 saturated carbocycles. The van der Waals surface area contributed by atoms with Crippen molar-refractivity contribution in [1.82, 2.24) is 9.88 Å². The van der Waals surface area contributed by atoms with Crippen molar-refractivity contribution < 1.29 is 13.9 Å². The summed E-state index contributed by atoms with van der Waals surface area (Å²) in [7, 11) is 0. The molecule has 1 aromatic rings. The van der Waals surface area contributed by atoms with Gasteiger partial charge < -0.3 is 9.64 Å². The van der Waals surface area contributed by atoms with E-state index in [9.17, 15) is 9.18 Å². The zero-order chi connectivity index (χ0) is 17.7. The van der Waals surface area contributed by atoms with Gasteiger partial charge in [-0.3, -0.25) is 4.79 Å². The van der Waals surface area contributed by atoms with Crippen molar-refractivity contribution in [2.24, 2.45) is 0 Å². The van der Waals surface area contributed by atoms with Crippen LogP contribution in [0.4, 0.5) is 4.39 Å². The van der Waals surface area contributed by atoms with Gasteiger partial charge in [-0.05, 0) is 38.8 Å². The van der Waals surface area contributed by atoms with Crippen LogP contribution in [0.25, 0.3) is 0 Å². The smallest absolute Gasteiger partial charge is 0.260 e. The second kappa shape index (κ2) is 7.60. The predicted molar refractivity (Wildman–Crippen MR) is 92.8 cm³/mol. The first-order chi connectivity index (χ1) is 11.4. The average Bonchev–Trinajstić information content (AvgIpc) is 2.87. The number of carbonyl (C=O) groups is 1. The van der Waals surface area contributed by atoms with E-state index in [-0.39, 0.29) is 18.4 Å². The minimum atomic E-state index is -1.43. The molecule has 1 amide bonds. The summed E-state index contributed by atoms with van der Waals surface area (Å²) in [5, 5.41) is 0. The van der Waals surface area contributed by atoms with Gasteiger partial charge in [0.25, 0.3) is 5.91 Å². The summed E-state index contributed by atoms with van der Waals surface area (Å²) in [5.41, 5.74) is 0.994. The van der Waals surface area contributed by atoms with Gasteiger partial charge in [0.15, 0.2) is 0 Å². The molecule has 0 radical (unpaired) electrons. The summed E-state index contributed by atoms with van der Waals surface area (Å²) in [6.07, 6.45) is 7.83. The van der Waals surface area contributed by atoms with Crippen LogP contribution in [0.2, 0.25) is 0 Å². The van der Waals surface area contributed by atoms with E-state index in [1.165, 1.54) is 6.92 Å². The highest BCUT2D eigenvalue weighted by molar-refractivity contribution is 6.00.